The second-order valence-corrected chi connectivity index (χ2v) is 7.59. The smallest absolute Gasteiger partial charge is 0.253 e. The van der Waals surface area contributed by atoms with Crippen LogP contribution in [0.2, 0.25) is 0 Å². The number of benzene rings is 1. The maximum Gasteiger partial charge on any atom is 0.253 e. The minimum Gasteiger partial charge on any atom is -0.397 e. The Balaban J connectivity index is 1.79. The van der Waals surface area contributed by atoms with Gasteiger partial charge in [0.25, 0.3) is 5.91 Å². The highest BCUT2D eigenvalue weighted by Crippen LogP contribution is 2.31. The summed E-state index contributed by atoms with van der Waals surface area (Å²) < 4.78 is 13.5. The molecule has 1 saturated heterocycles. The van der Waals surface area contributed by atoms with Gasteiger partial charge in [0.1, 0.15) is 6.17 Å². The number of rotatable bonds is 3. The predicted octanol–water partition coefficient (Wildman–Crippen LogP) is 3.10. The summed E-state index contributed by atoms with van der Waals surface area (Å²) in [5.74, 6) is 0.626. The molecule has 0 radical (unpaired) electrons. The van der Waals surface area contributed by atoms with E-state index >= 15 is 0 Å². The minimum atomic E-state index is -0.760. The Morgan fingerprint density at radius 2 is 1.68 bits per heavy atom. The van der Waals surface area contributed by atoms with Crippen molar-refractivity contribution in [2.24, 2.45) is 5.92 Å². The number of alkyl halides is 1. The summed E-state index contributed by atoms with van der Waals surface area (Å²) in [5, 5.41) is 3.15. The normalized spacial score (nSPS) is 25.0. The van der Waals surface area contributed by atoms with Gasteiger partial charge in [0, 0.05) is 19.1 Å². The summed E-state index contributed by atoms with van der Waals surface area (Å²) in [6.45, 7) is 3.43. The molecule has 5 N–H and O–H groups in total. The van der Waals surface area contributed by atoms with E-state index in [1.807, 2.05) is 4.90 Å². The summed E-state index contributed by atoms with van der Waals surface area (Å²) >= 11 is 0. The van der Waals surface area contributed by atoms with Crippen LogP contribution >= 0.6 is 0 Å². The third-order valence-corrected chi connectivity index (χ3v) is 5.56. The predicted molar refractivity (Wildman–Crippen MR) is 100 cm³/mol. The van der Waals surface area contributed by atoms with Gasteiger partial charge in [-0.3, -0.25) is 4.79 Å². The van der Waals surface area contributed by atoms with Crippen molar-refractivity contribution in [1.82, 2.24) is 5.32 Å². The Morgan fingerprint density at radius 3 is 2.32 bits per heavy atom. The zero-order valence-corrected chi connectivity index (χ0v) is 14.9. The van der Waals surface area contributed by atoms with Crippen LogP contribution in [0.4, 0.5) is 21.5 Å². The van der Waals surface area contributed by atoms with Gasteiger partial charge >= 0.3 is 0 Å². The molecule has 25 heavy (non-hydrogen) atoms. The van der Waals surface area contributed by atoms with Gasteiger partial charge in [-0.1, -0.05) is 6.92 Å². The van der Waals surface area contributed by atoms with Crippen LogP contribution in [0.15, 0.2) is 12.1 Å². The molecule has 1 heterocycles. The maximum atomic E-state index is 13.5. The van der Waals surface area contributed by atoms with E-state index in [1.54, 1.807) is 12.1 Å². The zero-order valence-electron chi connectivity index (χ0n) is 14.9. The van der Waals surface area contributed by atoms with Crippen LogP contribution in [-0.4, -0.2) is 31.2 Å². The highest BCUT2D eigenvalue weighted by Gasteiger charge is 2.26. The van der Waals surface area contributed by atoms with Gasteiger partial charge in [-0.15, -0.1) is 0 Å². The lowest BCUT2D eigenvalue weighted by molar-refractivity contribution is 0.0923. The number of anilines is 3. The number of carbonyl (C=O) groups excluding carboxylic acids is 1. The van der Waals surface area contributed by atoms with Crippen molar-refractivity contribution >= 4 is 23.0 Å². The number of piperidine rings is 1. The topological polar surface area (TPSA) is 84.4 Å². The quantitative estimate of drug-likeness (QED) is 0.733. The summed E-state index contributed by atoms with van der Waals surface area (Å²) in [5.41, 5.74) is 14.1. The first-order valence-electron chi connectivity index (χ1n) is 9.33. The van der Waals surface area contributed by atoms with E-state index in [0.717, 1.165) is 37.3 Å². The molecule has 1 saturated carbocycles. The molecule has 1 aliphatic carbocycles. The van der Waals surface area contributed by atoms with Gasteiger partial charge in [0.2, 0.25) is 0 Å². The third-order valence-electron chi connectivity index (χ3n) is 5.56. The molecule has 2 fully saturated rings. The average Bonchev–Trinajstić information content (AvgIpc) is 2.59. The van der Waals surface area contributed by atoms with E-state index in [9.17, 15) is 9.18 Å². The van der Waals surface area contributed by atoms with Crippen molar-refractivity contribution in [3.63, 3.8) is 0 Å². The average molecular weight is 348 g/mol. The van der Waals surface area contributed by atoms with Crippen LogP contribution in [0, 0.1) is 5.92 Å². The fourth-order valence-electron chi connectivity index (χ4n) is 3.82. The van der Waals surface area contributed by atoms with Crippen LogP contribution in [-0.2, 0) is 0 Å². The first kappa shape index (κ1) is 17.8. The molecule has 0 atom stereocenters. The molecule has 2 aliphatic rings. The molecule has 0 aromatic heterocycles. The lowest BCUT2D eigenvalue weighted by Gasteiger charge is -2.33. The molecular formula is C19H29FN4O. The first-order chi connectivity index (χ1) is 11.9. The first-order valence-corrected chi connectivity index (χ1v) is 9.33. The highest BCUT2D eigenvalue weighted by molar-refractivity contribution is 6.02. The van der Waals surface area contributed by atoms with Crippen LogP contribution < -0.4 is 21.7 Å². The summed E-state index contributed by atoms with van der Waals surface area (Å²) in [4.78, 5) is 14.9. The molecule has 0 unspecified atom stereocenters. The SMILES string of the molecule is CC1CCC(NC(=O)c2cc(N)c(N)cc2N2CCC(F)CC2)CC1. The Morgan fingerprint density at radius 1 is 1.08 bits per heavy atom. The summed E-state index contributed by atoms with van der Waals surface area (Å²) in [6.07, 6.45) is 4.51. The Hall–Kier alpha value is -1.98. The molecule has 1 amide bonds. The van der Waals surface area contributed by atoms with E-state index < -0.39 is 6.17 Å². The van der Waals surface area contributed by atoms with E-state index in [2.05, 4.69) is 12.2 Å². The van der Waals surface area contributed by atoms with E-state index in [4.69, 9.17) is 11.5 Å². The Bertz CT molecular complexity index is 620. The van der Waals surface area contributed by atoms with Crippen molar-refractivity contribution in [1.29, 1.82) is 0 Å². The summed E-state index contributed by atoms with van der Waals surface area (Å²) in [7, 11) is 0. The molecule has 0 spiro atoms. The molecule has 0 bridgehead atoms. The molecule has 5 nitrogen and oxygen atoms in total. The number of nitrogen functional groups attached to an aromatic ring is 2. The number of halogens is 1. The summed E-state index contributed by atoms with van der Waals surface area (Å²) in [6, 6.07) is 3.63. The number of nitrogens with zero attached hydrogens (tertiary/aromatic N) is 1. The van der Waals surface area contributed by atoms with Crippen LogP contribution in [0.1, 0.15) is 55.8 Å². The molecule has 138 valence electrons. The lowest BCUT2D eigenvalue weighted by atomic mass is 9.87. The van der Waals surface area contributed by atoms with Crippen molar-refractivity contribution < 1.29 is 9.18 Å². The van der Waals surface area contributed by atoms with Gasteiger partial charge in [0.05, 0.1) is 22.6 Å². The van der Waals surface area contributed by atoms with Gasteiger partial charge in [0.15, 0.2) is 0 Å². The Kier molecular flexibility index (Phi) is 5.35. The molecule has 6 heteroatoms. The maximum absolute atomic E-state index is 13.5. The monoisotopic (exact) mass is 348 g/mol. The number of nitrogens with two attached hydrogens (primary N) is 2. The highest BCUT2D eigenvalue weighted by atomic mass is 19.1. The molecule has 3 rings (SSSR count). The molecule has 1 aromatic carbocycles. The van der Waals surface area contributed by atoms with Crippen LogP contribution in [0.5, 0.6) is 0 Å². The molecule has 1 aromatic rings. The Labute approximate surface area is 148 Å². The van der Waals surface area contributed by atoms with E-state index in [0.29, 0.717) is 42.9 Å². The zero-order chi connectivity index (χ0) is 18.0. The molecule has 1 aliphatic heterocycles. The number of amides is 1. The number of hydrogen-bond acceptors (Lipinski definition) is 4. The van der Waals surface area contributed by atoms with E-state index in [-0.39, 0.29) is 11.9 Å². The number of hydrogen-bond donors (Lipinski definition) is 3. The van der Waals surface area contributed by atoms with Crippen LogP contribution in [0.25, 0.3) is 0 Å². The second kappa shape index (κ2) is 7.50. The number of nitrogens with one attached hydrogen (secondary N) is 1. The van der Waals surface area contributed by atoms with Crippen LogP contribution in [0.3, 0.4) is 0 Å². The second-order valence-electron chi connectivity index (χ2n) is 7.59. The van der Waals surface area contributed by atoms with Crippen molar-refractivity contribution in [2.45, 2.75) is 57.7 Å². The largest absolute Gasteiger partial charge is 0.397 e. The fourth-order valence-corrected chi connectivity index (χ4v) is 3.82. The van der Waals surface area contributed by atoms with Gasteiger partial charge in [-0.2, -0.15) is 0 Å². The standard InChI is InChI=1S/C19H29FN4O/c1-12-2-4-14(5-3-12)23-19(25)15-10-16(21)17(22)11-18(15)24-8-6-13(20)7-9-24/h10-14H,2-9,21-22H2,1H3,(H,23,25). The fraction of sp³-hybridized carbons (Fsp3) is 0.632. The van der Waals surface area contributed by atoms with Gasteiger partial charge in [-0.25, -0.2) is 4.39 Å². The van der Waals surface area contributed by atoms with Crippen molar-refractivity contribution in [3.8, 4) is 0 Å². The molecular weight excluding hydrogens is 319 g/mol. The third kappa shape index (κ3) is 4.17. The van der Waals surface area contributed by atoms with Crippen molar-refractivity contribution in [2.75, 3.05) is 29.5 Å². The van der Waals surface area contributed by atoms with E-state index in [1.165, 1.54) is 0 Å². The van der Waals surface area contributed by atoms with Gasteiger partial charge < -0.3 is 21.7 Å². The minimum absolute atomic E-state index is 0.108. The lowest BCUT2D eigenvalue weighted by Crippen LogP contribution is -2.39. The van der Waals surface area contributed by atoms with Gasteiger partial charge in [-0.05, 0) is 56.6 Å². The number of carbonyl (C=O) groups is 1. The van der Waals surface area contributed by atoms with Crippen molar-refractivity contribution in [3.05, 3.63) is 17.7 Å².